The van der Waals surface area contributed by atoms with Gasteiger partial charge in [-0.15, -0.1) is 0 Å². The first kappa shape index (κ1) is 21.2. The summed E-state index contributed by atoms with van der Waals surface area (Å²) in [5, 5.41) is 3.69. The molecule has 6 nitrogen and oxygen atoms in total. The number of hydrogen-bond acceptors (Lipinski definition) is 4. The summed E-state index contributed by atoms with van der Waals surface area (Å²) in [5.74, 6) is 0. The zero-order valence-corrected chi connectivity index (χ0v) is 17.7. The Hall–Kier alpha value is -2.68. The predicted octanol–water partition coefficient (Wildman–Crippen LogP) is 3.72. The average molecular weight is 445 g/mol. The maximum Gasteiger partial charge on any atom is 0.417 e. The zero-order valence-electron chi connectivity index (χ0n) is 17.7. The van der Waals surface area contributed by atoms with Crippen LogP contribution in [0.4, 0.5) is 18.0 Å². The lowest BCUT2D eigenvalue weighted by Crippen LogP contribution is -2.46. The number of aromatic nitrogens is 2. The summed E-state index contributed by atoms with van der Waals surface area (Å²) in [6.07, 6.45) is 2.81. The van der Waals surface area contributed by atoms with Gasteiger partial charge in [0.2, 0.25) is 0 Å². The number of likely N-dealkylation sites (tertiary alicyclic amines) is 1. The van der Waals surface area contributed by atoms with E-state index in [0.29, 0.717) is 37.3 Å². The average Bonchev–Trinajstić information content (AvgIpc) is 3.26. The Morgan fingerprint density at radius 3 is 2.81 bits per heavy atom. The summed E-state index contributed by atoms with van der Waals surface area (Å²) in [7, 11) is 0. The molecular formula is C23H26F3N5O. The van der Waals surface area contributed by atoms with E-state index in [-0.39, 0.29) is 24.7 Å². The highest BCUT2D eigenvalue weighted by atomic mass is 19.4. The number of fused-ring (bicyclic) bond motifs is 2. The molecule has 5 rings (SSSR count). The van der Waals surface area contributed by atoms with Crippen LogP contribution >= 0.6 is 0 Å². The third-order valence-corrected chi connectivity index (χ3v) is 6.73. The topological polar surface area (TPSA) is 61.4 Å². The molecule has 0 bridgehead atoms. The van der Waals surface area contributed by atoms with Gasteiger partial charge in [0.05, 0.1) is 17.3 Å². The van der Waals surface area contributed by atoms with Crippen LogP contribution in [0.15, 0.2) is 30.6 Å². The number of hydrogen-bond donors (Lipinski definition) is 1. The fourth-order valence-electron chi connectivity index (χ4n) is 5.07. The molecule has 170 valence electrons. The number of carbonyl (C=O) groups excluding carboxylic acids is 1. The summed E-state index contributed by atoms with van der Waals surface area (Å²) < 4.78 is 39.1. The van der Waals surface area contributed by atoms with Crippen LogP contribution in [0.25, 0.3) is 0 Å². The Morgan fingerprint density at radius 1 is 1.09 bits per heavy atom. The van der Waals surface area contributed by atoms with Gasteiger partial charge in [-0.3, -0.25) is 9.97 Å². The molecule has 32 heavy (non-hydrogen) atoms. The first-order valence-electron chi connectivity index (χ1n) is 11.2. The number of amides is 2. The second-order valence-corrected chi connectivity index (χ2v) is 8.87. The van der Waals surface area contributed by atoms with Crippen molar-refractivity contribution in [1.82, 2.24) is 25.1 Å². The van der Waals surface area contributed by atoms with Crippen molar-refractivity contribution in [3.8, 4) is 0 Å². The number of carbonyl (C=O) groups is 1. The number of nitrogens with one attached hydrogen (secondary N) is 1. The Balaban J connectivity index is 1.22. The molecule has 2 aromatic rings. The highest BCUT2D eigenvalue weighted by Crippen LogP contribution is 2.32. The van der Waals surface area contributed by atoms with Crippen LogP contribution < -0.4 is 5.32 Å². The van der Waals surface area contributed by atoms with Gasteiger partial charge in [-0.1, -0.05) is 6.07 Å². The van der Waals surface area contributed by atoms with Crippen molar-refractivity contribution in [3.05, 3.63) is 58.7 Å². The molecule has 0 saturated carbocycles. The molecule has 2 unspecified atom stereocenters. The van der Waals surface area contributed by atoms with E-state index in [1.165, 1.54) is 5.56 Å². The quantitative estimate of drug-likeness (QED) is 0.766. The predicted molar refractivity (Wildman–Crippen MR) is 112 cm³/mol. The minimum absolute atomic E-state index is 0.112. The number of aryl methyl sites for hydroxylation is 1. The van der Waals surface area contributed by atoms with Gasteiger partial charge in [0, 0.05) is 56.7 Å². The van der Waals surface area contributed by atoms with Crippen LogP contribution in [0.2, 0.25) is 0 Å². The van der Waals surface area contributed by atoms with E-state index in [1.807, 2.05) is 17.2 Å². The summed E-state index contributed by atoms with van der Waals surface area (Å²) in [4.78, 5) is 25.1. The van der Waals surface area contributed by atoms with Crippen molar-refractivity contribution >= 4 is 6.03 Å². The summed E-state index contributed by atoms with van der Waals surface area (Å²) in [5.41, 5.74) is 2.77. The Kier molecular flexibility index (Phi) is 5.53. The molecule has 2 aromatic heterocycles. The van der Waals surface area contributed by atoms with Crippen molar-refractivity contribution in [1.29, 1.82) is 0 Å². The molecule has 3 aliphatic rings. The molecule has 2 amide bonds. The zero-order chi connectivity index (χ0) is 22.3. The molecule has 1 fully saturated rings. The number of nitrogens with zero attached hydrogens (tertiary/aromatic N) is 4. The first-order valence-corrected chi connectivity index (χ1v) is 11.2. The van der Waals surface area contributed by atoms with Crippen molar-refractivity contribution in [3.63, 3.8) is 0 Å². The van der Waals surface area contributed by atoms with Crippen molar-refractivity contribution in [2.75, 3.05) is 19.6 Å². The van der Waals surface area contributed by atoms with Crippen LogP contribution in [0.5, 0.6) is 0 Å². The third kappa shape index (κ3) is 4.18. The molecule has 1 aliphatic carbocycles. The standard InChI is InChI=1S/C23H26F3N5O/c24-23(25,26)17-11-16-13-30(10-7-19(16)28-12-17)22(32)31-9-6-18(14-31)29-20-5-1-3-15-4-2-8-27-21(15)20/h2,4,8,11-12,18,20,29H,1,3,5-7,9-10,13-14H2. The number of halogens is 3. The van der Waals surface area contributed by atoms with Crippen LogP contribution in [-0.4, -0.2) is 51.5 Å². The minimum atomic E-state index is -4.44. The molecule has 2 aliphatic heterocycles. The second-order valence-electron chi connectivity index (χ2n) is 8.87. The van der Waals surface area contributed by atoms with Crippen molar-refractivity contribution in [2.24, 2.45) is 0 Å². The molecule has 0 aromatic carbocycles. The summed E-state index contributed by atoms with van der Waals surface area (Å²) >= 11 is 0. The van der Waals surface area contributed by atoms with E-state index in [9.17, 15) is 18.0 Å². The van der Waals surface area contributed by atoms with Crippen LogP contribution in [0.3, 0.4) is 0 Å². The minimum Gasteiger partial charge on any atom is -0.323 e. The first-order chi connectivity index (χ1) is 15.4. The maximum absolute atomic E-state index is 13.1. The lowest BCUT2D eigenvalue weighted by Gasteiger charge is -2.32. The highest BCUT2D eigenvalue weighted by Gasteiger charge is 2.35. The van der Waals surface area contributed by atoms with Gasteiger partial charge < -0.3 is 15.1 Å². The molecule has 0 spiro atoms. The van der Waals surface area contributed by atoms with Gasteiger partial charge in [0.15, 0.2) is 0 Å². The van der Waals surface area contributed by atoms with Gasteiger partial charge in [-0.2, -0.15) is 13.2 Å². The number of urea groups is 1. The second kappa shape index (κ2) is 8.35. The lowest BCUT2D eigenvalue weighted by molar-refractivity contribution is -0.137. The normalized spacial score (nSPS) is 23.1. The van der Waals surface area contributed by atoms with Gasteiger partial charge in [0.1, 0.15) is 0 Å². The molecule has 4 heterocycles. The smallest absolute Gasteiger partial charge is 0.323 e. The van der Waals surface area contributed by atoms with Crippen molar-refractivity contribution < 1.29 is 18.0 Å². The Bertz CT molecular complexity index is 1010. The van der Waals surface area contributed by atoms with E-state index in [1.54, 1.807) is 4.90 Å². The fraction of sp³-hybridized carbons (Fsp3) is 0.522. The van der Waals surface area contributed by atoms with Crippen LogP contribution in [-0.2, 0) is 25.6 Å². The van der Waals surface area contributed by atoms with E-state index in [0.717, 1.165) is 43.6 Å². The SMILES string of the molecule is O=C(N1CCc2ncc(C(F)(F)F)cc2C1)N1CCC(NC2CCCc3cccnc32)C1. The number of rotatable bonds is 2. The third-order valence-electron chi connectivity index (χ3n) is 6.73. The fourth-order valence-corrected chi connectivity index (χ4v) is 5.07. The van der Waals surface area contributed by atoms with Gasteiger partial charge >= 0.3 is 12.2 Å². The molecular weight excluding hydrogens is 419 g/mol. The van der Waals surface area contributed by atoms with Crippen molar-refractivity contribution in [2.45, 2.75) is 56.9 Å². The molecule has 1 N–H and O–H groups in total. The Morgan fingerprint density at radius 2 is 1.97 bits per heavy atom. The van der Waals surface area contributed by atoms with E-state index in [2.05, 4.69) is 21.4 Å². The molecule has 0 radical (unpaired) electrons. The number of alkyl halides is 3. The summed E-state index contributed by atoms with van der Waals surface area (Å²) in [6.45, 7) is 1.88. The highest BCUT2D eigenvalue weighted by molar-refractivity contribution is 5.75. The van der Waals surface area contributed by atoms with Gasteiger partial charge in [-0.05, 0) is 48.9 Å². The largest absolute Gasteiger partial charge is 0.417 e. The monoisotopic (exact) mass is 445 g/mol. The van der Waals surface area contributed by atoms with E-state index in [4.69, 9.17) is 0 Å². The summed E-state index contributed by atoms with van der Waals surface area (Å²) in [6, 6.07) is 5.51. The van der Waals surface area contributed by atoms with Crippen LogP contribution in [0, 0.1) is 0 Å². The van der Waals surface area contributed by atoms with Gasteiger partial charge in [-0.25, -0.2) is 4.79 Å². The van der Waals surface area contributed by atoms with Gasteiger partial charge in [0.25, 0.3) is 0 Å². The Labute approximate surface area is 184 Å². The van der Waals surface area contributed by atoms with E-state index < -0.39 is 11.7 Å². The lowest BCUT2D eigenvalue weighted by atomic mass is 9.91. The number of pyridine rings is 2. The van der Waals surface area contributed by atoms with E-state index >= 15 is 0 Å². The molecule has 9 heteroatoms. The molecule has 1 saturated heterocycles. The maximum atomic E-state index is 13.1. The van der Waals surface area contributed by atoms with Crippen LogP contribution in [0.1, 0.15) is 53.4 Å². The molecule has 2 atom stereocenters.